The molecule has 2 fully saturated rings. The minimum absolute atomic E-state index is 0.324. The second-order valence-electron chi connectivity index (χ2n) is 6.71. The van der Waals surface area contributed by atoms with E-state index in [2.05, 4.69) is 17.1 Å². The Morgan fingerprint density at radius 2 is 1.60 bits per heavy atom. The smallest absolute Gasteiger partial charge is 0.0558 e. The molecule has 0 amide bonds. The average molecular weight is 282 g/mol. The highest BCUT2D eigenvalue weighted by Gasteiger charge is 2.30. The molecule has 0 unspecified atom stereocenters. The van der Waals surface area contributed by atoms with Crippen LogP contribution in [0.25, 0.3) is 0 Å². The summed E-state index contributed by atoms with van der Waals surface area (Å²) in [5.41, 5.74) is 0. The quantitative estimate of drug-likeness (QED) is 0.753. The molecular weight excluding hydrogens is 248 g/mol. The first-order valence-corrected chi connectivity index (χ1v) is 8.95. The summed E-state index contributed by atoms with van der Waals surface area (Å²) >= 11 is 0. The van der Waals surface area contributed by atoms with E-state index in [0.717, 1.165) is 31.2 Å². The van der Waals surface area contributed by atoms with Crippen LogP contribution in [0.2, 0.25) is 0 Å². The number of aliphatic hydroxyl groups excluding tert-OH is 1. The van der Waals surface area contributed by atoms with E-state index in [0.29, 0.717) is 6.61 Å². The van der Waals surface area contributed by atoms with Crippen molar-refractivity contribution in [1.82, 2.24) is 10.2 Å². The summed E-state index contributed by atoms with van der Waals surface area (Å²) in [6, 6.07) is 2.22. The van der Waals surface area contributed by atoms with Gasteiger partial charge in [0.25, 0.3) is 0 Å². The van der Waals surface area contributed by atoms with Crippen molar-refractivity contribution in [2.75, 3.05) is 19.7 Å². The van der Waals surface area contributed by atoms with Gasteiger partial charge < -0.3 is 10.4 Å². The molecule has 0 spiro atoms. The fraction of sp³-hybridized carbons (Fsp3) is 1.00. The molecule has 0 atom stereocenters. The summed E-state index contributed by atoms with van der Waals surface area (Å²) in [6.07, 6.45) is 13.4. The maximum atomic E-state index is 9.41. The Morgan fingerprint density at radius 1 is 0.950 bits per heavy atom. The Kier molecular flexibility index (Phi) is 7.32. The molecule has 2 N–H and O–H groups in total. The molecule has 0 saturated heterocycles. The zero-order valence-electron chi connectivity index (χ0n) is 13.3. The van der Waals surface area contributed by atoms with Crippen LogP contribution in [0.1, 0.15) is 71.1 Å². The minimum atomic E-state index is 0.324. The van der Waals surface area contributed by atoms with Gasteiger partial charge in [0.2, 0.25) is 0 Å². The Morgan fingerprint density at radius 3 is 2.20 bits per heavy atom. The van der Waals surface area contributed by atoms with Gasteiger partial charge in [-0.05, 0) is 51.5 Å². The van der Waals surface area contributed by atoms with Gasteiger partial charge in [0.15, 0.2) is 0 Å². The van der Waals surface area contributed by atoms with Crippen LogP contribution in [0.4, 0.5) is 0 Å². The van der Waals surface area contributed by atoms with Gasteiger partial charge in [0.1, 0.15) is 0 Å². The topological polar surface area (TPSA) is 35.5 Å². The third-order valence-corrected chi connectivity index (χ3v) is 5.25. The molecule has 0 aromatic heterocycles. The summed E-state index contributed by atoms with van der Waals surface area (Å²) in [5, 5.41) is 13.1. The van der Waals surface area contributed by atoms with E-state index < -0.39 is 0 Å². The molecule has 20 heavy (non-hydrogen) atoms. The second kappa shape index (κ2) is 9.01. The van der Waals surface area contributed by atoms with Crippen LogP contribution in [0, 0.1) is 0 Å². The van der Waals surface area contributed by atoms with E-state index in [1.807, 2.05) is 0 Å². The highest BCUT2D eigenvalue weighted by atomic mass is 16.3. The summed E-state index contributed by atoms with van der Waals surface area (Å²) in [4.78, 5) is 2.66. The van der Waals surface area contributed by atoms with E-state index in [1.165, 1.54) is 64.2 Å². The molecule has 0 aliphatic heterocycles. The molecule has 3 heteroatoms. The lowest BCUT2D eigenvalue weighted by Gasteiger charge is -2.42. The first-order valence-electron chi connectivity index (χ1n) is 8.95. The first-order chi connectivity index (χ1) is 9.85. The van der Waals surface area contributed by atoms with Crippen LogP contribution < -0.4 is 5.32 Å². The van der Waals surface area contributed by atoms with E-state index in [-0.39, 0.29) is 0 Å². The Labute approximate surface area is 125 Å². The second-order valence-corrected chi connectivity index (χ2v) is 6.71. The number of nitrogens with one attached hydrogen (secondary N) is 1. The highest BCUT2D eigenvalue weighted by molar-refractivity contribution is 4.87. The maximum Gasteiger partial charge on any atom is 0.0558 e. The predicted molar refractivity (Wildman–Crippen MR) is 85.0 cm³/mol. The molecule has 0 radical (unpaired) electrons. The average Bonchev–Trinajstić information content (AvgIpc) is 2.52. The molecule has 0 aromatic carbocycles. The SMILES string of the molecule is CCCNC1CCC(N(CCO)C2CCCCC2)CC1. The molecule has 2 saturated carbocycles. The van der Waals surface area contributed by atoms with Crippen molar-refractivity contribution in [3.8, 4) is 0 Å². The molecule has 0 bridgehead atoms. The zero-order valence-corrected chi connectivity index (χ0v) is 13.3. The standard InChI is InChI=1S/C17H34N2O/c1-2-12-18-15-8-10-17(11-9-15)19(13-14-20)16-6-4-3-5-7-16/h15-18,20H,2-14H2,1H3. The van der Waals surface area contributed by atoms with Crippen LogP contribution in [0.3, 0.4) is 0 Å². The molecule has 0 aromatic rings. The number of aliphatic hydroxyl groups is 1. The largest absolute Gasteiger partial charge is 0.395 e. The number of rotatable bonds is 7. The van der Waals surface area contributed by atoms with Crippen LogP contribution in [-0.4, -0.2) is 47.8 Å². The number of hydrogen-bond acceptors (Lipinski definition) is 3. The maximum absolute atomic E-state index is 9.41. The van der Waals surface area contributed by atoms with Gasteiger partial charge in [-0.1, -0.05) is 26.2 Å². The minimum Gasteiger partial charge on any atom is -0.395 e. The van der Waals surface area contributed by atoms with Crippen molar-refractivity contribution in [2.24, 2.45) is 0 Å². The molecular formula is C17H34N2O. The summed E-state index contributed by atoms with van der Waals surface area (Å²) in [7, 11) is 0. The zero-order chi connectivity index (χ0) is 14.2. The molecule has 0 heterocycles. The third kappa shape index (κ3) is 4.71. The van der Waals surface area contributed by atoms with Crippen molar-refractivity contribution >= 4 is 0 Å². The highest BCUT2D eigenvalue weighted by Crippen LogP contribution is 2.30. The Bertz CT molecular complexity index is 245. The van der Waals surface area contributed by atoms with Crippen molar-refractivity contribution in [2.45, 2.75) is 89.3 Å². The van der Waals surface area contributed by atoms with Gasteiger partial charge in [-0.15, -0.1) is 0 Å². The monoisotopic (exact) mass is 282 g/mol. The molecule has 2 aliphatic rings. The van der Waals surface area contributed by atoms with Gasteiger partial charge in [-0.25, -0.2) is 0 Å². The van der Waals surface area contributed by atoms with Crippen molar-refractivity contribution in [1.29, 1.82) is 0 Å². The first kappa shape index (κ1) is 16.3. The number of nitrogens with zero attached hydrogens (tertiary/aromatic N) is 1. The Hall–Kier alpha value is -0.120. The fourth-order valence-electron chi connectivity index (χ4n) is 4.15. The van der Waals surface area contributed by atoms with Crippen LogP contribution in [-0.2, 0) is 0 Å². The van der Waals surface area contributed by atoms with Gasteiger partial charge in [-0.2, -0.15) is 0 Å². The van der Waals surface area contributed by atoms with Crippen molar-refractivity contribution in [3.63, 3.8) is 0 Å². The van der Waals surface area contributed by atoms with Crippen molar-refractivity contribution < 1.29 is 5.11 Å². The van der Waals surface area contributed by atoms with Crippen LogP contribution >= 0.6 is 0 Å². The van der Waals surface area contributed by atoms with Crippen LogP contribution in [0.5, 0.6) is 0 Å². The molecule has 3 nitrogen and oxygen atoms in total. The third-order valence-electron chi connectivity index (χ3n) is 5.25. The van der Waals surface area contributed by atoms with Crippen LogP contribution in [0.15, 0.2) is 0 Å². The van der Waals surface area contributed by atoms with Crippen molar-refractivity contribution in [3.05, 3.63) is 0 Å². The van der Waals surface area contributed by atoms with Gasteiger partial charge in [-0.3, -0.25) is 4.90 Å². The van der Waals surface area contributed by atoms with E-state index in [9.17, 15) is 5.11 Å². The van der Waals surface area contributed by atoms with Gasteiger partial charge >= 0.3 is 0 Å². The number of hydrogen-bond donors (Lipinski definition) is 2. The lowest BCUT2D eigenvalue weighted by Crippen LogP contribution is -2.48. The Balaban J connectivity index is 1.81. The predicted octanol–water partition coefficient (Wildman–Crippen LogP) is 2.92. The molecule has 2 aliphatic carbocycles. The fourth-order valence-corrected chi connectivity index (χ4v) is 4.15. The van der Waals surface area contributed by atoms with E-state index in [1.54, 1.807) is 0 Å². The van der Waals surface area contributed by atoms with Gasteiger partial charge in [0, 0.05) is 24.7 Å². The lowest BCUT2D eigenvalue weighted by molar-refractivity contribution is 0.0573. The van der Waals surface area contributed by atoms with E-state index >= 15 is 0 Å². The summed E-state index contributed by atoms with van der Waals surface area (Å²) < 4.78 is 0. The molecule has 2 rings (SSSR count). The van der Waals surface area contributed by atoms with E-state index in [4.69, 9.17) is 0 Å². The summed E-state index contributed by atoms with van der Waals surface area (Å²) in [6.45, 7) is 4.62. The summed E-state index contributed by atoms with van der Waals surface area (Å²) in [5.74, 6) is 0. The normalized spacial score (nSPS) is 28.9. The van der Waals surface area contributed by atoms with Gasteiger partial charge in [0.05, 0.1) is 6.61 Å². The lowest BCUT2D eigenvalue weighted by atomic mass is 9.86. The molecule has 118 valence electrons.